The molecule has 2 rings (SSSR count). The number of ether oxygens (including phenoxy) is 1. The quantitative estimate of drug-likeness (QED) is 0.834. The van der Waals surface area contributed by atoms with Crippen molar-refractivity contribution in [2.75, 3.05) is 24.7 Å². The molecule has 21 heavy (non-hydrogen) atoms. The van der Waals surface area contributed by atoms with Crippen LogP contribution in [0.15, 0.2) is 10.5 Å². The molecule has 0 spiro atoms. The van der Waals surface area contributed by atoms with Crippen molar-refractivity contribution in [2.24, 2.45) is 0 Å². The van der Waals surface area contributed by atoms with Gasteiger partial charge in [-0.2, -0.15) is 15.0 Å². The maximum Gasteiger partial charge on any atom is 0.342 e. The topological polar surface area (TPSA) is 107 Å². The van der Waals surface area contributed by atoms with Gasteiger partial charge < -0.3 is 19.8 Å². The van der Waals surface area contributed by atoms with Gasteiger partial charge in [0.1, 0.15) is 17.1 Å². The number of furan rings is 1. The zero-order chi connectivity index (χ0) is 15.6. The summed E-state index contributed by atoms with van der Waals surface area (Å²) in [6, 6.07) is 1.63. The molecule has 0 bridgehead atoms. The Kier molecular flexibility index (Phi) is 4.06. The summed E-state index contributed by atoms with van der Waals surface area (Å²) in [5, 5.41) is 0. The molecule has 112 valence electrons. The first-order chi connectivity index (χ1) is 9.86. The van der Waals surface area contributed by atoms with Crippen molar-refractivity contribution >= 4 is 17.9 Å². The van der Waals surface area contributed by atoms with Crippen molar-refractivity contribution in [3.63, 3.8) is 0 Å². The maximum absolute atomic E-state index is 12.0. The summed E-state index contributed by atoms with van der Waals surface area (Å²) in [7, 11) is 3.56. The monoisotopic (exact) mass is 291 g/mol. The minimum atomic E-state index is -0.491. The number of hydrogen-bond donors (Lipinski definition) is 1. The summed E-state index contributed by atoms with van der Waals surface area (Å²) >= 11 is 0. The third kappa shape index (κ3) is 3.47. The van der Waals surface area contributed by atoms with Crippen molar-refractivity contribution in [1.29, 1.82) is 0 Å². The van der Waals surface area contributed by atoms with Crippen molar-refractivity contribution in [1.82, 2.24) is 15.0 Å². The Morgan fingerprint density at radius 1 is 1.33 bits per heavy atom. The number of rotatable bonds is 4. The fraction of sp³-hybridized carbons (Fsp3) is 0.385. The molecule has 2 N–H and O–H groups in total. The fourth-order valence-corrected chi connectivity index (χ4v) is 1.73. The van der Waals surface area contributed by atoms with Crippen molar-refractivity contribution in [3.8, 4) is 0 Å². The van der Waals surface area contributed by atoms with Crippen LogP contribution in [0, 0.1) is 13.8 Å². The predicted molar refractivity (Wildman–Crippen MR) is 75.9 cm³/mol. The number of hydrogen-bond acceptors (Lipinski definition) is 8. The number of nitrogen functional groups attached to an aromatic ring is 1. The number of nitrogens with zero attached hydrogens (tertiary/aromatic N) is 4. The number of anilines is 2. The van der Waals surface area contributed by atoms with E-state index in [2.05, 4.69) is 15.0 Å². The first-order valence-corrected chi connectivity index (χ1v) is 6.28. The number of carbonyl (C=O) groups is 1. The first-order valence-electron chi connectivity index (χ1n) is 6.28. The Bertz CT molecular complexity index is 666. The Morgan fingerprint density at radius 2 is 2.05 bits per heavy atom. The fourth-order valence-electron chi connectivity index (χ4n) is 1.73. The summed E-state index contributed by atoms with van der Waals surface area (Å²) in [5.41, 5.74) is 5.99. The number of aryl methyl sites for hydroxylation is 2. The zero-order valence-corrected chi connectivity index (χ0v) is 12.4. The molecule has 0 fully saturated rings. The van der Waals surface area contributed by atoms with Gasteiger partial charge in [0.15, 0.2) is 12.4 Å². The van der Waals surface area contributed by atoms with Gasteiger partial charge in [0.2, 0.25) is 11.9 Å². The summed E-state index contributed by atoms with van der Waals surface area (Å²) in [4.78, 5) is 25.7. The molecule has 0 radical (unpaired) electrons. The van der Waals surface area contributed by atoms with Gasteiger partial charge in [-0.25, -0.2) is 4.79 Å². The second kappa shape index (κ2) is 5.78. The van der Waals surface area contributed by atoms with E-state index in [0.29, 0.717) is 23.0 Å². The van der Waals surface area contributed by atoms with Gasteiger partial charge in [-0.1, -0.05) is 0 Å². The van der Waals surface area contributed by atoms with Gasteiger partial charge >= 0.3 is 5.97 Å². The van der Waals surface area contributed by atoms with Gasteiger partial charge in [0.25, 0.3) is 0 Å². The molecule has 0 saturated carbocycles. The predicted octanol–water partition coefficient (Wildman–Crippen LogP) is 1.09. The smallest absolute Gasteiger partial charge is 0.342 e. The van der Waals surface area contributed by atoms with E-state index in [4.69, 9.17) is 14.9 Å². The largest absolute Gasteiger partial charge is 0.466 e. The molecule has 0 aliphatic carbocycles. The summed E-state index contributed by atoms with van der Waals surface area (Å²) in [6.45, 7) is 3.38. The minimum absolute atomic E-state index is 0.0788. The van der Waals surface area contributed by atoms with Crippen LogP contribution < -0.4 is 10.6 Å². The highest BCUT2D eigenvalue weighted by Crippen LogP contribution is 2.15. The highest BCUT2D eigenvalue weighted by molar-refractivity contribution is 5.90. The highest BCUT2D eigenvalue weighted by Gasteiger charge is 2.16. The molecule has 0 amide bonds. The third-order valence-corrected chi connectivity index (χ3v) is 2.68. The summed E-state index contributed by atoms with van der Waals surface area (Å²) < 4.78 is 10.5. The number of esters is 1. The van der Waals surface area contributed by atoms with Gasteiger partial charge in [-0.15, -0.1) is 0 Å². The van der Waals surface area contributed by atoms with E-state index in [1.54, 1.807) is 38.9 Å². The van der Waals surface area contributed by atoms with E-state index in [1.807, 2.05) is 0 Å². The second-order valence-corrected chi connectivity index (χ2v) is 4.71. The lowest BCUT2D eigenvalue weighted by molar-refractivity contribution is 0.0460. The van der Waals surface area contributed by atoms with E-state index in [-0.39, 0.29) is 18.4 Å². The van der Waals surface area contributed by atoms with Crippen LogP contribution in [0.5, 0.6) is 0 Å². The van der Waals surface area contributed by atoms with Gasteiger partial charge in [-0.3, -0.25) is 0 Å². The highest BCUT2D eigenvalue weighted by atomic mass is 16.5. The molecule has 0 aliphatic heterocycles. The second-order valence-electron chi connectivity index (χ2n) is 4.71. The van der Waals surface area contributed by atoms with E-state index in [9.17, 15) is 4.79 Å². The van der Waals surface area contributed by atoms with E-state index < -0.39 is 5.97 Å². The Balaban J connectivity index is 2.09. The molecule has 8 nitrogen and oxygen atoms in total. The minimum Gasteiger partial charge on any atom is -0.466 e. The first kappa shape index (κ1) is 14.8. The normalized spacial score (nSPS) is 10.5. The summed E-state index contributed by atoms with van der Waals surface area (Å²) in [5.74, 6) is 1.45. The molecule has 0 atom stereocenters. The van der Waals surface area contributed by atoms with Crippen LogP contribution >= 0.6 is 0 Å². The molecule has 0 unspecified atom stereocenters. The van der Waals surface area contributed by atoms with Crippen LogP contribution in [0.2, 0.25) is 0 Å². The Hall–Kier alpha value is -2.64. The molecule has 8 heteroatoms. The number of nitrogens with two attached hydrogens (primary N) is 1. The third-order valence-electron chi connectivity index (χ3n) is 2.68. The van der Waals surface area contributed by atoms with Crippen molar-refractivity contribution in [2.45, 2.75) is 20.5 Å². The van der Waals surface area contributed by atoms with Crippen LogP contribution in [0.1, 0.15) is 27.7 Å². The van der Waals surface area contributed by atoms with Crippen LogP contribution in [-0.2, 0) is 11.3 Å². The van der Waals surface area contributed by atoms with Gasteiger partial charge in [0.05, 0.1) is 0 Å². The Labute approximate surface area is 122 Å². The molecule has 2 heterocycles. The molecule has 2 aromatic heterocycles. The van der Waals surface area contributed by atoms with Crippen molar-refractivity contribution < 1.29 is 13.9 Å². The average molecular weight is 291 g/mol. The van der Waals surface area contributed by atoms with E-state index >= 15 is 0 Å². The number of carbonyl (C=O) groups excluding carboxylic acids is 1. The van der Waals surface area contributed by atoms with Gasteiger partial charge in [-0.05, 0) is 19.9 Å². The standard InChI is InChI=1S/C13H17N5O3/c1-7-5-9(8(2)21-7)11(19)20-6-10-15-12(14)17-13(16-10)18(3)4/h5H,6H2,1-4H3,(H2,14,15,16,17). The lowest BCUT2D eigenvalue weighted by Gasteiger charge is -2.11. The molecular formula is C13H17N5O3. The molecule has 0 saturated heterocycles. The van der Waals surface area contributed by atoms with E-state index in [1.165, 1.54) is 0 Å². The zero-order valence-electron chi connectivity index (χ0n) is 12.4. The Morgan fingerprint density at radius 3 is 2.62 bits per heavy atom. The lowest BCUT2D eigenvalue weighted by Crippen LogP contribution is -2.17. The van der Waals surface area contributed by atoms with Crippen LogP contribution in [-0.4, -0.2) is 35.0 Å². The summed E-state index contributed by atoms with van der Waals surface area (Å²) in [6.07, 6.45) is 0. The number of aromatic nitrogens is 3. The van der Waals surface area contributed by atoms with Gasteiger partial charge in [0, 0.05) is 14.1 Å². The SMILES string of the molecule is Cc1cc(C(=O)OCc2nc(N)nc(N(C)C)n2)c(C)o1. The molecule has 0 aromatic carbocycles. The van der Waals surface area contributed by atoms with Crippen LogP contribution in [0.25, 0.3) is 0 Å². The molecular weight excluding hydrogens is 274 g/mol. The van der Waals surface area contributed by atoms with Crippen LogP contribution in [0.3, 0.4) is 0 Å². The maximum atomic E-state index is 12.0. The van der Waals surface area contributed by atoms with Crippen molar-refractivity contribution in [3.05, 3.63) is 29.0 Å². The molecule has 0 aliphatic rings. The van der Waals surface area contributed by atoms with E-state index in [0.717, 1.165) is 0 Å². The van der Waals surface area contributed by atoms with Crippen LogP contribution in [0.4, 0.5) is 11.9 Å². The molecule has 2 aromatic rings. The lowest BCUT2D eigenvalue weighted by atomic mass is 10.2. The average Bonchev–Trinajstić information content (AvgIpc) is 2.74.